The van der Waals surface area contributed by atoms with Crippen molar-refractivity contribution in [2.24, 2.45) is 5.92 Å². The summed E-state index contributed by atoms with van der Waals surface area (Å²) in [4.78, 5) is 1.85. The molecule has 3 nitrogen and oxygen atoms in total. The van der Waals surface area contributed by atoms with Gasteiger partial charge in [0.05, 0.1) is 12.7 Å². The number of rotatable bonds is 8. The van der Waals surface area contributed by atoms with E-state index in [2.05, 4.69) is 0 Å². The van der Waals surface area contributed by atoms with Crippen molar-refractivity contribution in [3.63, 3.8) is 0 Å². The highest BCUT2D eigenvalue weighted by atomic mass is 19.2. The first-order valence-corrected chi connectivity index (χ1v) is 6.96. The quantitative estimate of drug-likeness (QED) is 0.744. The van der Waals surface area contributed by atoms with Crippen molar-refractivity contribution in [1.29, 1.82) is 0 Å². The zero-order valence-corrected chi connectivity index (χ0v) is 11.7. The lowest BCUT2D eigenvalue weighted by molar-refractivity contribution is 0.0781. The topological polar surface area (TPSA) is 32.7 Å². The van der Waals surface area contributed by atoms with Crippen LogP contribution in [0.1, 0.15) is 24.5 Å². The predicted molar refractivity (Wildman–Crippen MR) is 72.4 cm³/mol. The van der Waals surface area contributed by atoms with Crippen LogP contribution >= 0.6 is 0 Å². The monoisotopic (exact) mass is 285 g/mol. The van der Waals surface area contributed by atoms with Gasteiger partial charge in [0, 0.05) is 25.3 Å². The SMILES string of the molecule is CN(CCOCC1CC1)CC(O)c1cccc(F)c1F. The average molecular weight is 285 g/mol. The van der Waals surface area contributed by atoms with Crippen LogP contribution in [0, 0.1) is 17.6 Å². The maximum Gasteiger partial charge on any atom is 0.164 e. The molecule has 1 unspecified atom stereocenters. The molecule has 1 atom stereocenters. The average Bonchev–Trinajstić information content (AvgIpc) is 3.22. The fraction of sp³-hybridized carbons (Fsp3) is 0.600. The van der Waals surface area contributed by atoms with Crippen molar-refractivity contribution in [3.05, 3.63) is 35.4 Å². The van der Waals surface area contributed by atoms with Crippen LogP contribution in [-0.2, 0) is 4.74 Å². The molecule has 0 radical (unpaired) electrons. The Labute approximate surface area is 118 Å². The highest BCUT2D eigenvalue weighted by Crippen LogP contribution is 2.28. The van der Waals surface area contributed by atoms with Gasteiger partial charge in [0.1, 0.15) is 0 Å². The lowest BCUT2D eigenvalue weighted by Crippen LogP contribution is -2.28. The molecular formula is C15H21F2NO2. The standard InChI is InChI=1S/C15H21F2NO2/c1-18(7-8-20-10-11-5-6-11)9-14(19)12-3-2-4-13(16)15(12)17/h2-4,11,14,19H,5-10H2,1H3. The number of hydrogen-bond donors (Lipinski definition) is 1. The normalized spacial score (nSPS) is 16.6. The molecule has 20 heavy (non-hydrogen) atoms. The number of benzene rings is 1. The predicted octanol–water partition coefficient (Wildman–Crippen LogP) is 2.36. The number of aliphatic hydroxyl groups is 1. The first-order valence-electron chi connectivity index (χ1n) is 6.96. The summed E-state index contributed by atoms with van der Waals surface area (Å²) < 4.78 is 32.1. The molecule has 1 N–H and O–H groups in total. The molecule has 0 heterocycles. The molecule has 0 aliphatic heterocycles. The molecule has 1 aliphatic rings. The maximum absolute atomic E-state index is 13.5. The first kappa shape index (κ1) is 15.4. The minimum Gasteiger partial charge on any atom is -0.387 e. The maximum atomic E-state index is 13.5. The van der Waals surface area contributed by atoms with E-state index in [9.17, 15) is 13.9 Å². The molecule has 2 rings (SSSR count). The Morgan fingerprint density at radius 3 is 2.85 bits per heavy atom. The molecule has 1 aromatic rings. The molecule has 0 saturated heterocycles. The molecule has 1 saturated carbocycles. The van der Waals surface area contributed by atoms with Crippen LogP contribution in [0.25, 0.3) is 0 Å². The lowest BCUT2D eigenvalue weighted by Gasteiger charge is -2.21. The Hall–Kier alpha value is -1.04. The summed E-state index contributed by atoms with van der Waals surface area (Å²) in [7, 11) is 1.82. The van der Waals surface area contributed by atoms with E-state index >= 15 is 0 Å². The van der Waals surface area contributed by atoms with E-state index in [1.807, 2.05) is 11.9 Å². The second-order valence-corrected chi connectivity index (χ2v) is 5.44. The molecule has 0 amide bonds. The van der Waals surface area contributed by atoms with E-state index in [0.29, 0.717) is 13.2 Å². The molecule has 112 valence electrons. The van der Waals surface area contributed by atoms with Gasteiger partial charge in [-0.3, -0.25) is 0 Å². The number of nitrogens with zero attached hydrogens (tertiary/aromatic N) is 1. The lowest BCUT2D eigenvalue weighted by atomic mass is 10.1. The van der Waals surface area contributed by atoms with Gasteiger partial charge in [-0.2, -0.15) is 0 Å². The van der Waals surface area contributed by atoms with Crippen molar-refractivity contribution in [1.82, 2.24) is 4.90 Å². The summed E-state index contributed by atoms with van der Waals surface area (Å²) in [6.45, 7) is 2.29. The number of halogens is 2. The van der Waals surface area contributed by atoms with Gasteiger partial charge in [0.25, 0.3) is 0 Å². The highest BCUT2D eigenvalue weighted by Gasteiger charge is 2.21. The van der Waals surface area contributed by atoms with Crippen LogP contribution in [0.15, 0.2) is 18.2 Å². The summed E-state index contributed by atoms with van der Waals surface area (Å²) in [5, 5.41) is 9.96. The summed E-state index contributed by atoms with van der Waals surface area (Å²) in [5.41, 5.74) is -0.00394. The van der Waals surface area contributed by atoms with Crippen molar-refractivity contribution in [2.75, 3.05) is 33.4 Å². The fourth-order valence-corrected chi connectivity index (χ4v) is 2.02. The van der Waals surface area contributed by atoms with E-state index in [1.165, 1.54) is 25.0 Å². The van der Waals surface area contributed by atoms with Gasteiger partial charge in [-0.15, -0.1) is 0 Å². The van der Waals surface area contributed by atoms with Crippen LogP contribution in [0.4, 0.5) is 8.78 Å². The largest absolute Gasteiger partial charge is 0.387 e. The molecular weight excluding hydrogens is 264 g/mol. The zero-order chi connectivity index (χ0) is 14.5. The Morgan fingerprint density at radius 2 is 2.15 bits per heavy atom. The summed E-state index contributed by atoms with van der Waals surface area (Å²) in [5.74, 6) is -1.18. The second-order valence-electron chi connectivity index (χ2n) is 5.44. The summed E-state index contributed by atoms with van der Waals surface area (Å²) >= 11 is 0. The third-order valence-electron chi connectivity index (χ3n) is 3.49. The zero-order valence-electron chi connectivity index (χ0n) is 11.7. The van der Waals surface area contributed by atoms with Gasteiger partial charge < -0.3 is 14.7 Å². The Kier molecular flexibility index (Phi) is 5.46. The van der Waals surface area contributed by atoms with Crippen LogP contribution in [-0.4, -0.2) is 43.4 Å². The van der Waals surface area contributed by atoms with Gasteiger partial charge in [-0.05, 0) is 31.9 Å². The second kappa shape index (κ2) is 7.11. The van der Waals surface area contributed by atoms with E-state index < -0.39 is 17.7 Å². The molecule has 1 aromatic carbocycles. The number of ether oxygens (including phenoxy) is 1. The van der Waals surface area contributed by atoms with Gasteiger partial charge in [-0.25, -0.2) is 8.78 Å². The first-order chi connectivity index (χ1) is 9.58. The van der Waals surface area contributed by atoms with Crippen LogP contribution in [0.5, 0.6) is 0 Å². The third-order valence-corrected chi connectivity index (χ3v) is 3.49. The van der Waals surface area contributed by atoms with Crippen molar-refractivity contribution < 1.29 is 18.6 Å². The van der Waals surface area contributed by atoms with Gasteiger partial charge >= 0.3 is 0 Å². The van der Waals surface area contributed by atoms with E-state index in [0.717, 1.165) is 18.6 Å². The van der Waals surface area contributed by atoms with E-state index in [1.54, 1.807) is 0 Å². The molecule has 1 aliphatic carbocycles. The number of likely N-dealkylation sites (N-methyl/N-ethyl adjacent to an activating group) is 1. The smallest absolute Gasteiger partial charge is 0.164 e. The summed E-state index contributed by atoms with van der Waals surface area (Å²) in [6, 6.07) is 3.84. The third kappa shape index (κ3) is 4.51. The molecule has 0 spiro atoms. The van der Waals surface area contributed by atoms with Crippen molar-refractivity contribution in [2.45, 2.75) is 18.9 Å². The Balaban J connectivity index is 1.74. The van der Waals surface area contributed by atoms with Crippen LogP contribution in [0.3, 0.4) is 0 Å². The van der Waals surface area contributed by atoms with Crippen molar-refractivity contribution in [3.8, 4) is 0 Å². The van der Waals surface area contributed by atoms with E-state index in [-0.39, 0.29) is 12.1 Å². The molecule has 0 bridgehead atoms. The van der Waals surface area contributed by atoms with Crippen LogP contribution < -0.4 is 0 Å². The Morgan fingerprint density at radius 1 is 1.40 bits per heavy atom. The minimum absolute atomic E-state index is 0.00394. The number of aliphatic hydroxyl groups excluding tert-OH is 1. The van der Waals surface area contributed by atoms with Gasteiger partial charge in [-0.1, -0.05) is 12.1 Å². The molecule has 0 aromatic heterocycles. The van der Waals surface area contributed by atoms with Crippen LogP contribution in [0.2, 0.25) is 0 Å². The minimum atomic E-state index is -1.04. The van der Waals surface area contributed by atoms with Crippen molar-refractivity contribution >= 4 is 0 Å². The highest BCUT2D eigenvalue weighted by molar-refractivity contribution is 5.21. The molecule has 1 fully saturated rings. The fourth-order valence-electron chi connectivity index (χ4n) is 2.02. The van der Waals surface area contributed by atoms with E-state index in [4.69, 9.17) is 4.74 Å². The van der Waals surface area contributed by atoms with Gasteiger partial charge in [0.15, 0.2) is 11.6 Å². The summed E-state index contributed by atoms with van der Waals surface area (Å²) in [6.07, 6.45) is 1.47. The van der Waals surface area contributed by atoms with Gasteiger partial charge in [0.2, 0.25) is 0 Å². The Bertz CT molecular complexity index is 438. The molecule has 5 heteroatoms. The number of hydrogen-bond acceptors (Lipinski definition) is 3.